The highest BCUT2D eigenvalue weighted by Gasteiger charge is 2.28. The van der Waals surface area contributed by atoms with E-state index in [1.54, 1.807) is 0 Å². The van der Waals surface area contributed by atoms with Crippen molar-refractivity contribution in [2.24, 2.45) is 0 Å². The molecule has 0 spiro atoms. The van der Waals surface area contributed by atoms with Gasteiger partial charge in [0.1, 0.15) is 23.5 Å². The number of nitrogens with zero attached hydrogens (tertiary/aromatic N) is 2. The number of aliphatic hydroxyl groups excluding tert-OH is 1. The Bertz CT molecular complexity index is 1380. The van der Waals surface area contributed by atoms with Crippen molar-refractivity contribution in [2.75, 3.05) is 38.1 Å². The molecule has 250 valence electrons. The number of esters is 2. The van der Waals surface area contributed by atoms with Crippen molar-refractivity contribution in [1.29, 1.82) is 0 Å². The Balaban J connectivity index is 2.28. The minimum absolute atomic E-state index is 0.000383. The molecule has 20 heteroatoms. The third-order valence-electron chi connectivity index (χ3n) is 5.72. The molecule has 0 aliphatic carbocycles. The summed E-state index contributed by atoms with van der Waals surface area (Å²) in [7, 11) is 4.68. The number of nitrogens with one attached hydrogen (secondary N) is 4. The Labute approximate surface area is 294 Å². The average Bonchev–Trinajstić information content (AvgIpc) is 3.07. The molecule has 2 amide bonds. The number of aliphatic hydroxyl groups is 1. The Morgan fingerprint density at radius 1 is 0.913 bits per heavy atom. The molecule has 0 aliphatic heterocycles. The first-order valence-corrected chi connectivity index (χ1v) is 18.0. The molecule has 0 bridgehead atoms. The molecule has 2 unspecified atom stereocenters. The standard InChI is InChI=1S/C26H32N6O8S6/c1-39-24(36)18(12-44-32-17(11-42)26(38)43)29-22(34)15-5-3-7-27-20(15)21-16(6-4-8-28-21)23(35)30-19(25(37)40-2)13-45-46-31-14(9-33)10-41/h3-8,10,14,17-19,31-33,42H,9,11-13H2,1-2H3,(H,29,34)(H,30,35)(H,38,43)/t14-,17+,18?,19?/m1/s1. The second kappa shape index (κ2) is 21.4. The number of amides is 2. The number of ether oxygens (including phenoxy) is 2. The van der Waals surface area contributed by atoms with Gasteiger partial charge in [0.05, 0.1) is 44.0 Å². The van der Waals surface area contributed by atoms with E-state index in [2.05, 4.69) is 55.3 Å². The Morgan fingerprint density at radius 3 is 1.87 bits per heavy atom. The highest BCUT2D eigenvalue weighted by molar-refractivity contribution is 8.76. The van der Waals surface area contributed by atoms with Crippen molar-refractivity contribution in [3.63, 3.8) is 0 Å². The fourth-order valence-electron chi connectivity index (χ4n) is 3.35. The third kappa shape index (κ3) is 12.3. The van der Waals surface area contributed by atoms with Crippen molar-refractivity contribution in [1.82, 2.24) is 30.0 Å². The molecule has 2 aromatic rings. The summed E-state index contributed by atoms with van der Waals surface area (Å²) in [6, 6.07) is 2.59. The van der Waals surface area contributed by atoms with Gasteiger partial charge < -0.3 is 25.2 Å². The fourth-order valence-corrected chi connectivity index (χ4v) is 7.18. The molecule has 2 heterocycles. The van der Waals surface area contributed by atoms with Gasteiger partial charge in [0, 0.05) is 29.7 Å². The van der Waals surface area contributed by atoms with E-state index in [1.165, 1.54) is 67.0 Å². The molecule has 46 heavy (non-hydrogen) atoms. The van der Waals surface area contributed by atoms with E-state index in [-0.39, 0.29) is 46.4 Å². The highest BCUT2D eigenvalue weighted by atomic mass is 33.1. The van der Waals surface area contributed by atoms with Gasteiger partial charge in [-0.15, -0.1) is 12.6 Å². The number of hydrogen-bond acceptors (Lipinski definition) is 17. The first kappa shape index (κ1) is 39.7. The molecular weight excluding hydrogens is 717 g/mol. The Morgan fingerprint density at radius 2 is 1.43 bits per heavy atom. The quantitative estimate of drug-likeness (QED) is 0.0252. The van der Waals surface area contributed by atoms with Crippen LogP contribution in [0.3, 0.4) is 0 Å². The van der Waals surface area contributed by atoms with E-state index < -0.39 is 53.0 Å². The molecule has 0 aliphatic rings. The van der Waals surface area contributed by atoms with E-state index in [4.69, 9.17) is 21.7 Å². The first-order valence-electron chi connectivity index (χ1n) is 13.1. The molecule has 0 saturated carbocycles. The van der Waals surface area contributed by atoms with Crippen LogP contribution in [-0.2, 0) is 23.9 Å². The minimum Gasteiger partial charge on any atom is -0.467 e. The molecule has 14 nitrogen and oxygen atoms in total. The topological polar surface area (TPSA) is 198 Å². The molecule has 4 atom stereocenters. The van der Waals surface area contributed by atoms with Crippen LogP contribution >= 0.6 is 71.2 Å². The van der Waals surface area contributed by atoms with Crippen LogP contribution in [0.25, 0.3) is 11.4 Å². The van der Waals surface area contributed by atoms with Crippen LogP contribution < -0.4 is 20.1 Å². The Hall–Kier alpha value is -2.43. The number of thiocarbonyl (C=S) groups is 1. The van der Waals surface area contributed by atoms with Gasteiger partial charge in [-0.05, 0) is 40.6 Å². The van der Waals surface area contributed by atoms with Crippen molar-refractivity contribution < 1.29 is 38.6 Å². The lowest BCUT2D eigenvalue weighted by Crippen LogP contribution is -2.45. The maximum absolute atomic E-state index is 13.5. The third-order valence-corrected chi connectivity index (χ3v) is 9.71. The minimum atomic E-state index is -1.13. The summed E-state index contributed by atoms with van der Waals surface area (Å²) >= 11 is 13.7. The van der Waals surface area contributed by atoms with Crippen LogP contribution in [0.5, 0.6) is 0 Å². The number of carbonyl (C=O) groups is 5. The van der Waals surface area contributed by atoms with Crippen LogP contribution in [0.15, 0.2) is 36.7 Å². The van der Waals surface area contributed by atoms with Crippen molar-refractivity contribution in [3.8, 4) is 11.4 Å². The molecular formula is C26H32N6O8S6. The zero-order chi connectivity index (χ0) is 34.1. The summed E-state index contributed by atoms with van der Waals surface area (Å²) in [5, 5.41) is 15.4. The molecule has 0 radical (unpaired) electrons. The van der Waals surface area contributed by atoms with Crippen molar-refractivity contribution >= 4 is 105 Å². The predicted octanol–water partition coefficient (Wildman–Crippen LogP) is 0.926. The van der Waals surface area contributed by atoms with Crippen molar-refractivity contribution in [2.45, 2.75) is 24.2 Å². The molecule has 2 aromatic heterocycles. The monoisotopic (exact) mass is 748 g/mol. The van der Waals surface area contributed by atoms with Crippen molar-refractivity contribution in [3.05, 3.63) is 47.8 Å². The second-order valence-electron chi connectivity index (χ2n) is 8.81. The van der Waals surface area contributed by atoms with E-state index >= 15 is 0 Å². The molecule has 0 saturated heterocycles. The smallest absolute Gasteiger partial charge is 0.329 e. The zero-order valence-corrected chi connectivity index (χ0v) is 29.5. The van der Waals surface area contributed by atoms with Gasteiger partial charge in [-0.1, -0.05) is 35.0 Å². The molecule has 0 aromatic carbocycles. The molecule has 0 fully saturated rings. The summed E-state index contributed by atoms with van der Waals surface area (Å²) in [5.41, 5.74) is 0.0919. The number of rotatable bonds is 20. The SMILES string of the molecule is COC(=O)C(CSN[C@@H](CS)C(=O)S)NC(=O)c1cccnc1-c1ncccc1C(=O)NC(CSSN[C@@H](C=S)CO)C(=O)OC. The fraction of sp³-hybridized carbons (Fsp3) is 0.385. The van der Waals surface area contributed by atoms with E-state index in [0.717, 1.165) is 22.9 Å². The van der Waals surface area contributed by atoms with E-state index in [1.807, 2.05) is 0 Å². The normalized spacial score (nSPS) is 13.4. The van der Waals surface area contributed by atoms with Gasteiger partial charge in [0.15, 0.2) is 0 Å². The summed E-state index contributed by atoms with van der Waals surface area (Å²) in [4.78, 5) is 72.0. The maximum Gasteiger partial charge on any atom is 0.329 e. The summed E-state index contributed by atoms with van der Waals surface area (Å²) < 4.78 is 15.4. The van der Waals surface area contributed by atoms with Crippen LogP contribution in [0.1, 0.15) is 20.7 Å². The largest absolute Gasteiger partial charge is 0.467 e. The average molecular weight is 749 g/mol. The lowest BCUT2D eigenvalue weighted by molar-refractivity contribution is -0.143. The maximum atomic E-state index is 13.5. The van der Waals surface area contributed by atoms with Gasteiger partial charge in [-0.2, -0.15) is 12.6 Å². The highest BCUT2D eigenvalue weighted by Crippen LogP contribution is 2.24. The van der Waals surface area contributed by atoms with Gasteiger partial charge in [-0.3, -0.25) is 29.1 Å². The van der Waals surface area contributed by atoms with Gasteiger partial charge in [0.25, 0.3) is 11.8 Å². The van der Waals surface area contributed by atoms with Gasteiger partial charge in [0.2, 0.25) is 5.12 Å². The van der Waals surface area contributed by atoms with E-state index in [9.17, 15) is 29.1 Å². The molecule has 2 rings (SSSR count). The van der Waals surface area contributed by atoms with Crippen LogP contribution in [-0.4, -0.2) is 112 Å². The first-order chi connectivity index (χ1) is 22.1. The van der Waals surface area contributed by atoms with Crippen LogP contribution in [0.4, 0.5) is 0 Å². The zero-order valence-electron chi connectivity index (χ0n) is 24.4. The number of hydrogen-bond donors (Lipinski definition) is 7. The summed E-state index contributed by atoms with van der Waals surface area (Å²) in [6.07, 6.45) is 2.82. The lowest BCUT2D eigenvalue weighted by atomic mass is 10.0. The lowest BCUT2D eigenvalue weighted by Gasteiger charge is -2.19. The number of pyridine rings is 2. The number of aromatic nitrogens is 2. The molecule has 5 N–H and O–H groups in total. The number of methoxy groups -OCH3 is 2. The summed E-state index contributed by atoms with van der Waals surface area (Å²) in [5.74, 6) is -2.58. The second-order valence-corrected chi connectivity index (χ2v) is 12.9. The van der Waals surface area contributed by atoms with Gasteiger partial charge in [-0.25, -0.2) is 14.3 Å². The summed E-state index contributed by atoms with van der Waals surface area (Å²) in [6.45, 7) is -0.208. The number of carbonyl (C=O) groups excluding carboxylic acids is 5. The number of thiol groups is 2. The predicted molar refractivity (Wildman–Crippen MR) is 189 cm³/mol. The van der Waals surface area contributed by atoms with Crippen LogP contribution in [0, 0.1) is 0 Å². The van der Waals surface area contributed by atoms with E-state index in [0.29, 0.717) is 0 Å². The Kier molecular flexibility index (Phi) is 18.5. The van der Waals surface area contributed by atoms with Crippen LogP contribution in [0.2, 0.25) is 0 Å². The van der Waals surface area contributed by atoms with Gasteiger partial charge >= 0.3 is 11.9 Å².